The van der Waals surface area contributed by atoms with E-state index >= 15 is 0 Å². The lowest BCUT2D eigenvalue weighted by atomic mass is 9.85. The number of ketones is 1. The van der Waals surface area contributed by atoms with Crippen LogP contribution in [-0.4, -0.2) is 29.5 Å². The van der Waals surface area contributed by atoms with Crippen LogP contribution in [-0.2, 0) is 4.79 Å². The number of methoxy groups -OCH3 is 1. The topological polar surface area (TPSA) is 103 Å². The van der Waals surface area contributed by atoms with E-state index < -0.39 is 11.0 Å². The zero-order chi connectivity index (χ0) is 19.6. The smallest absolute Gasteiger partial charge is 0.315 e. The van der Waals surface area contributed by atoms with Gasteiger partial charge in [0.1, 0.15) is 0 Å². The molecular weight excluding hydrogens is 370 g/mol. The number of nitro benzene ring substituents is 1. The molecule has 0 bridgehead atoms. The first kappa shape index (κ1) is 19.1. The third-order valence-electron chi connectivity index (χ3n) is 4.54. The molecule has 0 radical (unpaired) electrons. The van der Waals surface area contributed by atoms with E-state index in [2.05, 4.69) is 10.6 Å². The third kappa shape index (κ3) is 3.73. The predicted octanol–water partition coefficient (Wildman–Crippen LogP) is 2.92. The predicted molar refractivity (Wildman–Crippen MR) is 103 cm³/mol. The summed E-state index contributed by atoms with van der Waals surface area (Å²) in [7, 11) is 1.43. The summed E-state index contributed by atoms with van der Waals surface area (Å²) in [6.07, 6.45) is 2.63. The Balaban J connectivity index is 2.12. The molecule has 1 heterocycles. The summed E-state index contributed by atoms with van der Waals surface area (Å²) in [5.41, 5.74) is 1.70. The van der Waals surface area contributed by atoms with Crippen LogP contribution in [0.5, 0.6) is 11.5 Å². The fourth-order valence-corrected chi connectivity index (χ4v) is 3.61. The molecule has 9 heteroatoms. The molecule has 1 atom stereocenters. The second-order valence-corrected chi connectivity index (χ2v) is 6.79. The molecule has 144 valence electrons. The molecule has 2 N–H and O–H groups in total. The number of nitro groups is 1. The van der Waals surface area contributed by atoms with Crippen molar-refractivity contribution in [2.24, 2.45) is 0 Å². The van der Waals surface area contributed by atoms with Crippen molar-refractivity contribution in [2.45, 2.75) is 38.6 Å². The first-order valence-corrected chi connectivity index (χ1v) is 9.20. The van der Waals surface area contributed by atoms with Gasteiger partial charge in [0.05, 0.1) is 24.7 Å². The average Bonchev–Trinajstić information content (AvgIpc) is 2.64. The first-order chi connectivity index (χ1) is 13.0. The molecule has 0 amide bonds. The van der Waals surface area contributed by atoms with Crippen molar-refractivity contribution in [3.8, 4) is 11.5 Å². The third-order valence-corrected chi connectivity index (χ3v) is 4.76. The highest BCUT2D eigenvalue weighted by Crippen LogP contribution is 2.42. The van der Waals surface area contributed by atoms with Crippen LogP contribution in [0.25, 0.3) is 0 Å². The highest BCUT2D eigenvalue weighted by atomic mass is 32.1. The monoisotopic (exact) mass is 391 g/mol. The van der Waals surface area contributed by atoms with Gasteiger partial charge in [0.25, 0.3) is 0 Å². The number of benzene rings is 1. The van der Waals surface area contributed by atoms with E-state index in [1.54, 1.807) is 6.07 Å². The van der Waals surface area contributed by atoms with E-state index in [1.807, 2.05) is 6.92 Å². The number of hydrogen-bond acceptors (Lipinski definition) is 6. The Morgan fingerprint density at radius 2 is 2.15 bits per heavy atom. The standard InChI is InChI=1S/C18H21N3O5S/c1-3-7-26-17-12(21(23)24)8-10(9-14(17)25-2)16-15-11(19-18(27)20-16)5-4-6-13(15)22/h8-9,16H,3-7H2,1-2H3,(H2,19,20,27). The number of carbonyl (C=O) groups is 1. The maximum Gasteiger partial charge on any atom is 0.315 e. The zero-order valence-corrected chi connectivity index (χ0v) is 16.0. The van der Waals surface area contributed by atoms with Crippen LogP contribution in [0.15, 0.2) is 23.4 Å². The number of Topliss-reactive ketones (excluding diaryl/α,β-unsaturated/α-hetero) is 1. The van der Waals surface area contributed by atoms with Gasteiger partial charge in [-0.2, -0.15) is 0 Å². The largest absolute Gasteiger partial charge is 0.493 e. The highest BCUT2D eigenvalue weighted by Gasteiger charge is 2.35. The zero-order valence-electron chi connectivity index (χ0n) is 15.2. The molecule has 0 fully saturated rings. The summed E-state index contributed by atoms with van der Waals surface area (Å²) in [5, 5.41) is 18.1. The van der Waals surface area contributed by atoms with Gasteiger partial charge in [-0.05, 0) is 43.1 Å². The van der Waals surface area contributed by atoms with Gasteiger partial charge in [-0.15, -0.1) is 0 Å². The van der Waals surface area contributed by atoms with Crippen molar-refractivity contribution in [1.82, 2.24) is 10.6 Å². The van der Waals surface area contributed by atoms with Crippen LogP contribution in [0.1, 0.15) is 44.2 Å². The lowest BCUT2D eigenvalue weighted by Gasteiger charge is -2.33. The Labute approximate surface area is 162 Å². The average molecular weight is 391 g/mol. The van der Waals surface area contributed by atoms with Crippen molar-refractivity contribution in [3.05, 3.63) is 39.1 Å². The minimum Gasteiger partial charge on any atom is -0.493 e. The Kier molecular flexibility index (Phi) is 5.59. The van der Waals surface area contributed by atoms with E-state index in [-0.39, 0.29) is 23.0 Å². The summed E-state index contributed by atoms with van der Waals surface area (Å²) >= 11 is 5.26. The van der Waals surface area contributed by atoms with Gasteiger partial charge in [-0.1, -0.05) is 6.92 Å². The number of allylic oxidation sites excluding steroid dienone is 1. The highest BCUT2D eigenvalue weighted by molar-refractivity contribution is 7.80. The number of carbonyl (C=O) groups excluding carboxylic acids is 1. The van der Waals surface area contributed by atoms with Crippen LogP contribution in [0.2, 0.25) is 0 Å². The molecule has 0 aromatic heterocycles. The Morgan fingerprint density at radius 3 is 2.81 bits per heavy atom. The molecule has 0 saturated carbocycles. The summed E-state index contributed by atoms with van der Waals surface area (Å²) in [5.74, 6) is 0.356. The molecule has 0 spiro atoms. The molecule has 3 rings (SSSR count). The lowest BCUT2D eigenvalue weighted by Crippen LogP contribution is -2.46. The van der Waals surface area contributed by atoms with Crippen molar-refractivity contribution in [2.75, 3.05) is 13.7 Å². The minimum atomic E-state index is -0.561. The first-order valence-electron chi connectivity index (χ1n) is 8.79. The summed E-state index contributed by atoms with van der Waals surface area (Å²) in [4.78, 5) is 23.7. The van der Waals surface area contributed by atoms with Crippen LogP contribution in [0.4, 0.5) is 5.69 Å². The van der Waals surface area contributed by atoms with Gasteiger partial charge in [0, 0.05) is 23.8 Å². The molecule has 8 nitrogen and oxygen atoms in total. The second-order valence-electron chi connectivity index (χ2n) is 6.38. The number of thiocarbonyl (C=S) groups is 1. The molecule has 1 aromatic carbocycles. The summed E-state index contributed by atoms with van der Waals surface area (Å²) in [6.45, 7) is 2.25. The molecule has 27 heavy (non-hydrogen) atoms. The fourth-order valence-electron chi connectivity index (χ4n) is 3.37. The molecule has 1 aromatic rings. The summed E-state index contributed by atoms with van der Waals surface area (Å²) in [6, 6.07) is 2.52. The van der Waals surface area contributed by atoms with Crippen molar-refractivity contribution in [1.29, 1.82) is 0 Å². The maximum absolute atomic E-state index is 12.5. The molecule has 0 saturated heterocycles. The lowest BCUT2D eigenvalue weighted by molar-refractivity contribution is -0.386. The van der Waals surface area contributed by atoms with E-state index in [0.717, 1.165) is 18.5 Å². The quantitative estimate of drug-likeness (QED) is 0.433. The van der Waals surface area contributed by atoms with Crippen molar-refractivity contribution < 1.29 is 19.2 Å². The second kappa shape index (κ2) is 7.91. The van der Waals surface area contributed by atoms with Gasteiger partial charge >= 0.3 is 5.69 Å². The van der Waals surface area contributed by atoms with E-state index in [0.29, 0.717) is 35.7 Å². The van der Waals surface area contributed by atoms with Crippen LogP contribution in [0, 0.1) is 10.1 Å². The van der Waals surface area contributed by atoms with E-state index in [1.165, 1.54) is 13.2 Å². The van der Waals surface area contributed by atoms with Gasteiger partial charge < -0.3 is 20.1 Å². The molecule has 1 aliphatic heterocycles. The Bertz CT molecular complexity index is 837. The van der Waals surface area contributed by atoms with Gasteiger partial charge in [0.15, 0.2) is 16.6 Å². The van der Waals surface area contributed by atoms with Crippen LogP contribution >= 0.6 is 12.2 Å². The molecule has 1 aliphatic carbocycles. The van der Waals surface area contributed by atoms with Gasteiger partial charge in [-0.25, -0.2) is 0 Å². The van der Waals surface area contributed by atoms with Gasteiger partial charge in [0.2, 0.25) is 5.75 Å². The number of rotatable bonds is 6. The van der Waals surface area contributed by atoms with Crippen LogP contribution in [0.3, 0.4) is 0 Å². The van der Waals surface area contributed by atoms with Gasteiger partial charge in [-0.3, -0.25) is 14.9 Å². The number of hydrogen-bond donors (Lipinski definition) is 2. The number of nitrogens with zero attached hydrogens (tertiary/aromatic N) is 1. The fraction of sp³-hybridized carbons (Fsp3) is 0.444. The normalized spacial score (nSPS) is 19.1. The van der Waals surface area contributed by atoms with Crippen molar-refractivity contribution >= 4 is 28.8 Å². The maximum atomic E-state index is 12.5. The van der Waals surface area contributed by atoms with E-state index in [9.17, 15) is 14.9 Å². The Hall–Kier alpha value is -2.68. The molecule has 1 unspecified atom stereocenters. The Morgan fingerprint density at radius 1 is 1.37 bits per heavy atom. The van der Waals surface area contributed by atoms with Crippen molar-refractivity contribution in [3.63, 3.8) is 0 Å². The molecule has 2 aliphatic rings. The van der Waals surface area contributed by atoms with E-state index in [4.69, 9.17) is 21.7 Å². The molecular formula is C18H21N3O5S. The summed E-state index contributed by atoms with van der Waals surface area (Å²) < 4.78 is 10.9. The number of ether oxygens (including phenoxy) is 2. The number of nitrogens with one attached hydrogen (secondary N) is 2. The van der Waals surface area contributed by atoms with Crippen LogP contribution < -0.4 is 20.1 Å². The SMILES string of the molecule is CCCOc1c(OC)cc(C2NC(=S)NC3=C2C(=O)CCC3)cc1[N+](=O)[O-]. The minimum absolute atomic E-state index is 0.0108.